The van der Waals surface area contributed by atoms with Crippen LogP contribution < -0.4 is 0 Å². The van der Waals surface area contributed by atoms with E-state index >= 15 is 0 Å². The van der Waals surface area contributed by atoms with Crippen molar-refractivity contribution in [3.63, 3.8) is 0 Å². The molecule has 0 N–H and O–H groups in total. The molecule has 0 bridgehead atoms. The molecular formula is C11H25BrOSi. The van der Waals surface area contributed by atoms with Crippen LogP contribution in [0.15, 0.2) is 0 Å². The van der Waals surface area contributed by atoms with Gasteiger partial charge in [0, 0.05) is 5.33 Å². The molecule has 0 aromatic rings. The van der Waals surface area contributed by atoms with E-state index in [0.29, 0.717) is 0 Å². The van der Waals surface area contributed by atoms with Crippen LogP contribution in [0.1, 0.15) is 39.5 Å². The molecule has 0 heterocycles. The molecule has 0 radical (unpaired) electrons. The summed E-state index contributed by atoms with van der Waals surface area (Å²) in [5, 5.41) is 1.09. The van der Waals surface area contributed by atoms with Gasteiger partial charge in [0.2, 0.25) is 0 Å². The van der Waals surface area contributed by atoms with Gasteiger partial charge in [-0.25, -0.2) is 0 Å². The molecule has 0 aliphatic rings. The van der Waals surface area contributed by atoms with E-state index in [1.807, 2.05) is 0 Å². The minimum atomic E-state index is -1.40. The minimum Gasteiger partial charge on any atom is -0.412 e. The molecule has 0 aromatic heterocycles. The van der Waals surface area contributed by atoms with E-state index in [-0.39, 0.29) is 5.60 Å². The van der Waals surface area contributed by atoms with Gasteiger partial charge < -0.3 is 4.43 Å². The van der Waals surface area contributed by atoms with Crippen molar-refractivity contribution >= 4 is 24.2 Å². The standard InChI is InChI=1S/C11H25BrOSi/c1-6-11(7-2,9-8-10-12)13-14(3,4)5/h6-10H2,1-5H3. The summed E-state index contributed by atoms with van der Waals surface area (Å²) in [6.45, 7) is 11.3. The van der Waals surface area contributed by atoms with Gasteiger partial charge in [-0.1, -0.05) is 29.8 Å². The van der Waals surface area contributed by atoms with Crippen LogP contribution in [0.5, 0.6) is 0 Å². The smallest absolute Gasteiger partial charge is 0.184 e. The van der Waals surface area contributed by atoms with Crippen LogP contribution in [0.25, 0.3) is 0 Å². The second-order valence-electron chi connectivity index (χ2n) is 4.90. The quantitative estimate of drug-likeness (QED) is 0.490. The fraction of sp³-hybridized carbons (Fsp3) is 1.00. The Morgan fingerprint density at radius 2 is 1.64 bits per heavy atom. The first-order valence-corrected chi connectivity index (χ1v) is 10.2. The monoisotopic (exact) mass is 280 g/mol. The van der Waals surface area contributed by atoms with Crippen LogP contribution in [-0.4, -0.2) is 19.2 Å². The third kappa shape index (κ3) is 5.52. The molecular weight excluding hydrogens is 256 g/mol. The Morgan fingerprint density at radius 3 is 1.93 bits per heavy atom. The average Bonchev–Trinajstić information content (AvgIpc) is 2.10. The lowest BCUT2D eigenvalue weighted by Gasteiger charge is -2.38. The lowest BCUT2D eigenvalue weighted by Crippen LogP contribution is -2.42. The van der Waals surface area contributed by atoms with Gasteiger partial charge in [-0.15, -0.1) is 0 Å². The third-order valence-electron chi connectivity index (χ3n) is 2.58. The van der Waals surface area contributed by atoms with Crippen molar-refractivity contribution in [2.75, 3.05) is 5.33 Å². The van der Waals surface area contributed by atoms with Crippen molar-refractivity contribution in [3.05, 3.63) is 0 Å². The molecule has 3 heteroatoms. The Kier molecular flexibility index (Phi) is 6.58. The first-order valence-electron chi connectivity index (χ1n) is 5.65. The summed E-state index contributed by atoms with van der Waals surface area (Å²) in [6, 6.07) is 0. The van der Waals surface area contributed by atoms with Crippen LogP contribution in [0.3, 0.4) is 0 Å². The van der Waals surface area contributed by atoms with Gasteiger partial charge in [0.05, 0.1) is 5.60 Å². The van der Waals surface area contributed by atoms with E-state index < -0.39 is 8.32 Å². The molecule has 0 atom stereocenters. The molecule has 0 aromatic carbocycles. The molecule has 0 saturated heterocycles. The molecule has 0 spiro atoms. The summed E-state index contributed by atoms with van der Waals surface area (Å²) < 4.78 is 6.34. The lowest BCUT2D eigenvalue weighted by molar-refractivity contribution is 0.0427. The van der Waals surface area contributed by atoms with Crippen LogP contribution in [-0.2, 0) is 4.43 Å². The second kappa shape index (κ2) is 6.29. The van der Waals surface area contributed by atoms with Crippen molar-refractivity contribution in [2.24, 2.45) is 0 Å². The van der Waals surface area contributed by atoms with Crippen molar-refractivity contribution in [1.29, 1.82) is 0 Å². The summed E-state index contributed by atoms with van der Waals surface area (Å²) >= 11 is 3.50. The van der Waals surface area contributed by atoms with Gasteiger partial charge in [-0.2, -0.15) is 0 Å². The highest BCUT2D eigenvalue weighted by Gasteiger charge is 2.32. The molecule has 0 rings (SSSR count). The van der Waals surface area contributed by atoms with Crippen molar-refractivity contribution < 1.29 is 4.43 Å². The maximum absolute atomic E-state index is 6.34. The summed E-state index contributed by atoms with van der Waals surface area (Å²) in [7, 11) is -1.40. The van der Waals surface area contributed by atoms with Crippen LogP contribution in [0.2, 0.25) is 19.6 Å². The Bertz CT molecular complexity index is 150. The predicted octanol–water partition coefficient (Wildman–Crippen LogP) is 4.57. The molecule has 14 heavy (non-hydrogen) atoms. The van der Waals surface area contributed by atoms with Crippen LogP contribution >= 0.6 is 15.9 Å². The lowest BCUT2D eigenvalue weighted by atomic mass is 9.92. The van der Waals surface area contributed by atoms with E-state index in [4.69, 9.17) is 4.43 Å². The maximum Gasteiger partial charge on any atom is 0.184 e. The fourth-order valence-corrected chi connectivity index (χ4v) is 3.81. The van der Waals surface area contributed by atoms with Crippen molar-refractivity contribution in [3.8, 4) is 0 Å². The zero-order valence-corrected chi connectivity index (χ0v) is 12.9. The first-order chi connectivity index (χ1) is 6.39. The Morgan fingerprint density at radius 1 is 1.14 bits per heavy atom. The van der Waals surface area contributed by atoms with E-state index in [0.717, 1.165) is 18.2 Å². The normalized spacial score (nSPS) is 13.3. The molecule has 1 nitrogen and oxygen atoms in total. The topological polar surface area (TPSA) is 9.23 Å². The highest BCUT2D eigenvalue weighted by Crippen LogP contribution is 2.30. The SMILES string of the molecule is CCC(CC)(CCCBr)O[Si](C)(C)C. The zero-order chi connectivity index (χ0) is 11.2. The van der Waals surface area contributed by atoms with E-state index in [9.17, 15) is 0 Å². The van der Waals surface area contributed by atoms with Gasteiger partial charge in [-0.05, 0) is 45.3 Å². The largest absolute Gasteiger partial charge is 0.412 e. The highest BCUT2D eigenvalue weighted by molar-refractivity contribution is 9.09. The highest BCUT2D eigenvalue weighted by atomic mass is 79.9. The minimum absolute atomic E-state index is 0.151. The number of halogens is 1. The molecule has 0 aliphatic heterocycles. The van der Waals surface area contributed by atoms with Gasteiger partial charge in [0.15, 0.2) is 8.32 Å². The van der Waals surface area contributed by atoms with E-state index in [1.165, 1.54) is 12.8 Å². The average molecular weight is 281 g/mol. The molecule has 0 aliphatic carbocycles. The number of rotatable bonds is 7. The summed E-state index contributed by atoms with van der Waals surface area (Å²) in [4.78, 5) is 0. The maximum atomic E-state index is 6.34. The predicted molar refractivity (Wildman–Crippen MR) is 70.8 cm³/mol. The van der Waals surface area contributed by atoms with Gasteiger partial charge in [0.1, 0.15) is 0 Å². The third-order valence-corrected chi connectivity index (χ3v) is 4.18. The summed E-state index contributed by atoms with van der Waals surface area (Å²) in [6.07, 6.45) is 4.68. The fourth-order valence-electron chi connectivity index (χ4n) is 1.84. The number of alkyl halides is 1. The molecule has 86 valence electrons. The molecule has 0 amide bonds. The second-order valence-corrected chi connectivity index (χ2v) is 10.1. The zero-order valence-electron chi connectivity index (χ0n) is 10.3. The summed E-state index contributed by atoms with van der Waals surface area (Å²) in [5.41, 5.74) is 0.151. The van der Waals surface area contributed by atoms with Gasteiger partial charge >= 0.3 is 0 Å². The Balaban J connectivity index is 4.36. The Hall–Kier alpha value is 0.657. The molecule has 0 unspecified atom stereocenters. The molecule has 0 fully saturated rings. The van der Waals surface area contributed by atoms with E-state index in [2.05, 4.69) is 49.4 Å². The summed E-state index contributed by atoms with van der Waals surface area (Å²) in [5.74, 6) is 0. The van der Waals surface area contributed by atoms with E-state index in [1.54, 1.807) is 0 Å². The van der Waals surface area contributed by atoms with Gasteiger partial charge in [-0.3, -0.25) is 0 Å². The first kappa shape index (κ1) is 14.7. The number of hydrogen-bond donors (Lipinski definition) is 0. The van der Waals surface area contributed by atoms with Crippen LogP contribution in [0.4, 0.5) is 0 Å². The Labute approximate surface area is 98.9 Å². The van der Waals surface area contributed by atoms with Crippen molar-refractivity contribution in [1.82, 2.24) is 0 Å². The van der Waals surface area contributed by atoms with Crippen LogP contribution in [0, 0.1) is 0 Å². The van der Waals surface area contributed by atoms with Gasteiger partial charge in [0.25, 0.3) is 0 Å². The number of hydrogen-bond acceptors (Lipinski definition) is 1. The molecule has 0 saturated carbocycles. The van der Waals surface area contributed by atoms with Crippen molar-refractivity contribution in [2.45, 2.75) is 64.8 Å².